The molecular formula is C15H11IN2O2. The number of rotatable bonds is 1. The van der Waals surface area contributed by atoms with Crippen LogP contribution >= 0.6 is 22.6 Å². The van der Waals surface area contributed by atoms with Crippen LogP contribution in [0.1, 0.15) is 5.56 Å². The number of phenolic OH excluding ortho intramolecular Hbond substituents is 1. The number of halogens is 1. The van der Waals surface area contributed by atoms with Crippen LogP contribution in [0.5, 0.6) is 5.75 Å². The van der Waals surface area contributed by atoms with E-state index in [4.69, 9.17) is 0 Å². The van der Waals surface area contributed by atoms with Crippen molar-refractivity contribution in [2.24, 2.45) is 0 Å². The zero-order valence-corrected chi connectivity index (χ0v) is 12.8. The van der Waals surface area contributed by atoms with Gasteiger partial charge in [-0.25, -0.2) is 4.98 Å². The molecule has 0 fully saturated rings. The van der Waals surface area contributed by atoms with E-state index in [0.29, 0.717) is 22.3 Å². The summed E-state index contributed by atoms with van der Waals surface area (Å²) in [7, 11) is 0. The number of H-pyrrole nitrogens is 1. The Kier molecular flexibility index (Phi) is 3.21. The third kappa shape index (κ3) is 2.18. The molecule has 0 aliphatic rings. The number of hydrogen-bond acceptors (Lipinski definition) is 3. The summed E-state index contributed by atoms with van der Waals surface area (Å²) in [4.78, 5) is 19.2. The predicted octanol–water partition coefficient (Wildman–Crippen LogP) is 3.21. The number of benzene rings is 2. The molecule has 1 heterocycles. The van der Waals surface area contributed by atoms with Gasteiger partial charge in [0.15, 0.2) is 0 Å². The minimum absolute atomic E-state index is 0.142. The van der Waals surface area contributed by atoms with Gasteiger partial charge in [0.25, 0.3) is 5.56 Å². The molecule has 2 N–H and O–H groups in total. The molecule has 0 spiro atoms. The standard InChI is InChI=1S/C15H11IN2O2/c1-8-6-9(16)7-11(13(8)19)14-17-12-5-3-2-4-10(12)15(20)18-14/h2-7,19H,1H3,(H,17,18,20). The lowest BCUT2D eigenvalue weighted by Crippen LogP contribution is -2.09. The van der Waals surface area contributed by atoms with Crippen molar-refractivity contribution in [1.82, 2.24) is 9.97 Å². The van der Waals surface area contributed by atoms with Gasteiger partial charge in [-0.15, -0.1) is 0 Å². The monoisotopic (exact) mass is 378 g/mol. The van der Waals surface area contributed by atoms with E-state index in [2.05, 4.69) is 32.6 Å². The summed E-state index contributed by atoms with van der Waals surface area (Å²) >= 11 is 2.17. The van der Waals surface area contributed by atoms with Gasteiger partial charge in [0.2, 0.25) is 0 Å². The fourth-order valence-corrected chi connectivity index (χ4v) is 2.91. The average Bonchev–Trinajstić information content (AvgIpc) is 2.43. The van der Waals surface area contributed by atoms with E-state index in [-0.39, 0.29) is 11.3 Å². The normalized spacial score (nSPS) is 10.9. The molecule has 100 valence electrons. The minimum Gasteiger partial charge on any atom is -0.507 e. The van der Waals surface area contributed by atoms with Crippen LogP contribution in [-0.2, 0) is 0 Å². The predicted molar refractivity (Wildman–Crippen MR) is 86.9 cm³/mol. The van der Waals surface area contributed by atoms with Gasteiger partial charge in [-0.05, 0) is 59.3 Å². The maximum atomic E-state index is 12.1. The average molecular weight is 378 g/mol. The first-order valence-corrected chi connectivity index (χ1v) is 7.12. The molecule has 0 amide bonds. The number of aromatic amines is 1. The van der Waals surface area contributed by atoms with Gasteiger partial charge in [-0.2, -0.15) is 0 Å². The van der Waals surface area contributed by atoms with Crippen molar-refractivity contribution >= 4 is 33.5 Å². The van der Waals surface area contributed by atoms with E-state index in [0.717, 1.165) is 9.13 Å². The number of fused-ring (bicyclic) bond motifs is 1. The van der Waals surface area contributed by atoms with Crippen molar-refractivity contribution in [3.05, 3.63) is 55.9 Å². The van der Waals surface area contributed by atoms with E-state index >= 15 is 0 Å². The lowest BCUT2D eigenvalue weighted by atomic mass is 10.1. The summed E-state index contributed by atoms with van der Waals surface area (Å²) in [6.45, 7) is 1.82. The molecule has 3 aromatic rings. The maximum Gasteiger partial charge on any atom is 0.259 e. The highest BCUT2D eigenvalue weighted by molar-refractivity contribution is 14.1. The van der Waals surface area contributed by atoms with Crippen molar-refractivity contribution in [3.8, 4) is 17.1 Å². The molecular weight excluding hydrogens is 367 g/mol. The number of para-hydroxylation sites is 1. The van der Waals surface area contributed by atoms with Crippen LogP contribution in [0.2, 0.25) is 0 Å². The first-order valence-electron chi connectivity index (χ1n) is 6.05. The van der Waals surface area contributed by atoms with Gasteiger partial charge in [0.05, 0.1) is 16.5 Å². The summed E-state index contributed by atoms with van der Waals surface area (Å²) in [5.74, 6) is 0.525. The summed E-state index contributed by atoms with van der Waals surface area (Å²) in [6.07, 6.45) is 0. The third-order valence-electron chi connectivity index (χ3n) is 3.13. The molecule has 4 nitrogen and oxygen atoms in total. The third-order valence-corrected chi connectivity index (χ3v) is 3.76. The Morgan fingerprint density at radius 2 is 2.00 bits per heavy atom. The van der Waals surface area contributed by atoms with Gasteiger partial charge >= 0.3 is 0 Å². The fraction of sp³-hybridized carbons (Fsp3) is 0.0667. The van der Waals surface area contributed by atoms with E-state index in [1.807, 2.05) is 19.1 Å². The fourth-order valence-electron chi connectivity index (χ4n) is 2.13. The van der Waals surface area contributed by atoms with E-state index in [1.165, 1.54) is 0 Å². The number of phenols is 1. The van der Waals surface area contributed by atoms with Crippen molar-refractivity contribution in [3.63, 3.8) is 0 Å². The van der Waals surface area contributed by atoms with Crippen molar-refractivity contribution in [1.29, 1.82) is 0 Å². The molecule has 2 aromatic carbocycles. The number of hydrogen-bond donors (Lipinski definition) is 2. The van der Waals surface area contributed by atoms with Crippen LogP contribution in [0.3, 0.4) is 0 Å². The second-order valence-electron chi connectivity index (χ2n) is 4.55. The van der Waals surface area contributed by atoms with Crippen LogP contribution in [-0.4, -0.2) is 15.1 Å². The highest BCUT2D eigenvalue weighted by Crippen LogP contribution is 2.31. The Labute approximate surface area is 128 Å². The first-order chi connectivity index (χ1) is 9.56. The summed E-state index contributed by atoms with van der Waals surface area (Å²) in [5, 5.41) is 10.7. The molecule has 20 heavy (non-hydrogen) atoms. The van der Waals surface area contributed by atoms with Gasteiger partial charge in [-0.3, -0.25) is 4.79 Å². The Bertz CT molecular complexity index is 871. The van der Waals surface area contributed by atoms with Gasteiger partial charge < -0.3 is 10.1 Å². The van der Waals surface area contributed by atoms with Crippen LogP contribution < -0.4 is 5.56 Å². The SMILES string of the molecule is Cc1cc(I)cc(-c2nc3ccccc3c(=O)[nH]2)c1O. The number of nitrogens with zero attached hydrogens (tertiary/aromatic N) is 1. The highest BCUT2D eigenvalue weighted by atomic mass is 127. The molecule has 0 radical (unpaired) electrons. The molecule has 0 bridgehead atoms. The Hall–Kier alpha value is -1.89. The molecule has 0 saturated heterocycles. The zero-order valence-electron chi connectivity index (χ0n) is 10.6. The maximum absolute atomic E-state index is 12.1. The minimum atomic E-state index is -0.207. The Balaban J connectivity index is 2.33. The van der Waals surface area contributed by atoms with E-state index in [9.17, 15) is 9.90 Å². The quantitative estimate of drug-likeness (QED) is 0.640. The van der Waals surface area contributed by atoms with Gasteiger partial charge in [-0.1, -0.05) is 12.1 Å². The van der Waals surface area contributed by atoms with E-state index < -0.39 is 0 Å². The largest absolute Gasteiger partial charge is 0.507 e. The molecule has 0 unspecified atom stereocenters. The molecule has 3 rings (SSSR count). The number of aryl methyl sites for hydroxylation is 1. The molecule has 0 saturated carbocycles. The van der Waals surface area contributed by atoms with Gasteiger partial charge in [0, 0.05) is 3.57 Å². The van der Waals surface area contributed by atoms with Gasteiger partial charge in [0.1, 0.15) is 11.6 Å². The molecule has 0 atom stereocenters. The second kappa shape index (κ2) is 4.90. The topological polar surface area (TPSA) is 66.0 Å². The smallest absolute Gasteiger partial charge is 0.259 e. The van der Waals surface area contributed by atoms with Crippen LogP contribution in [0.25, 0.3) is 22.3 Å². The summed E-state index contributed by atoms with van der Waals surface area (Å²) in [5.41, 5.74) is 1.70. The molecule has 5 heteroatoms. The lowest BCUT2D eigenvalue weighted by molar-refractivity contribution is 0.472. The molecule has 1 aromatic heterocycles. The zero-order chi connectivity index (χ0) is 14.3. The van der Waals surface area contributed by atoms with Crippen molar-refractivity contribution in [2.45, 2.75) is 6.92 Å². The van der Waals surface area contributed by atoms with Crippen LogP contribution in [0.4, 0.5) is 0 Å². The lowest BCUT2D eigenvalue weighted by Gasteiger charge is -2.08. The first kappa shape index (κ1) is 13.1. The van der Waals surface area contributed by atoms with Crippen molar-refractivity contribution < 1.29 is 5.11 Å². The number of nitrogens with one attached hydrogen (secondary N) is 1. The van der Waals surface area contributed by atoms with Crippen LogP contribution in [0.15, 0.2) is 41.2 Å². The molecule has 0 aliphatic heterocycles. The Morgan fingerprint density at radius 3 is 2.80 bits per heavy atom. The van der Waals surface area contributed by atoms with Crippen molar-refractivity contribution in [2.75, 3.05) is 0 Å². The molecule has 0 aliphatic carbocycles. The van der Waals surface area contributed by atoms with Crippen LogP contribution in [0, 0.1) is 10.5 Å². The highest BCUT2D eigenvalue weighted by Gasteiger charge is 2.12. The second-order valence-corrected chi connectivity index (χ2v) is 5.80. The number of aromatic hydroxyl groups is 1. The Morgan fingerprint density at radius 1 is 1.25 bits per heavy atom. The number of aromatic nitrogens is 2. The summed E-state index contributed by atoms with van der Waals surface area (Å²) in [6, 6.07) is 10.8. The summed E-state index contributed by atoms with van der Waals surface area (Å²) < 4.78 is 0.976. The van der Waals surface area contributed by atoms with E-state index in [1.54, 1.807) is 24.3 Å².